The van der Waals surface area contributed by atoms with Crippen LogP contribution >= 0.6 is 0 Å². The van der Waals surface area contributed by atoms with Gasteiger partial charge in [-0.3, -0.25) is 0 Å². The fourth-order valence-corrected chi connectivity index (χ4v) is 2.80. The zero-order chi connectivity index (χ0) is 12.1. The van der Waals surface area contributed by atoms with Crippen molar-refractivity contribution in [2.45, 2.75) is 38.1 Å². The van der Waals surface area contributed by atoms with Gasteiger partial charge in [0.25, 0.3) is 0 Å². The third kappa shape index (κ3) is 4.94. The standard InChI is InChI=1S/C14H29N3/c1-16(2)9-3-4-10-17-11-5-8-15-14(12-17)13-6-7-13/h13-15H,3-12H2,1-2H3. The molecule has 0 aromatic rings. The number of rotatable bonds is 6. The van der Waals surface area contributed by atoms with Gasteiger partial charge in [-0.05, 0) is 78.3 Å². The molecule has 0 aromatic carbocycles. The molecule has 2 rings (SSSR count). The molecular weight excluding hydrogens is 210 g/mol. The first kappa shape index (κ1) is 13.3. The van der Waals surface area contributed by atoms with Gasteiger partial charge in [-0.1, -0.05) is 0 Å². The summed E-state index contributed by atoms with van der Waals surface area (Å²) in [7, 11) is 4.33. The Labute approximate surface area is 107 Å². The van der Waals surface area contributed by atoms with Crippen molar-refractivity contribution in [3.05, 3.63) is 0 Å². The van der Waals surface area contributed by atoms with E-state index in [1.807, 2.05) is 0 Å². The molecule has 1 aliphatic carbocycles. The molecule has 100 valence electrons. The van der Waals surface area contributed by atoms with Crippen LogP contribution in [-0.4, -0.2) is 62.7 Å². The Morgan fingerprint density at radius 2 is 2.06 bits per heavy atom. The zero-order valence-electron chi connectivity index (χ0n) is 11.6. The van der Waals surface area contributed by atoms with E-state index >= 15 is 0 Å². The molecule has 1 unspecified atom stereocenters. The van der Waals surface area contributed by atoms with E-state index < -0.39 is 0 Å². The molecule has 1 aliphatic heterocycles. The summed E-state index contributed by atoms with van der Waals surface area (Å²) in [6, 6.07) is 0.798. The summed E-state index contributed by atoms with van der Waals surface area (Å²) in [6.45, 7) is 6.37. The Morgan fingerprint density at radius 1 is 1.24 bits per heavy atom. The summed E-state index contributed by atoms with van der Waals surface area (Å²) < 4.78 is 0. The summed E-state index contributed by atoms with van der Waals surface area (Å²) in [6.07, 6.45) is 6.95. The second-order valence-corrected chi connectivity index (χ2v) is 6.06. The second kappa shape index (κ2) is 6.72. The van der Waals surface area contributed by atoms with Gasteiger partial charge >= 0.3 is 0 Å². The molecule has 17 heavy (non-hydrogen) atoms. The molecule has 1 atom stereocenters. The van der Waals surface area contributed by atoms with Crippen LogP contribution < -0.4 is 5.32 Å². The fourth-order valence-electron chi connectivity index (χ4n) is 2.80. The lowest BCUT2D eigenvalue weighted by atomic mass is 10.1. The van der Waals surface area contributed by atoms with Crippen molar-refractivity contribution in [1.82, 2.24) is 15.1 Å². The summed E-state index contributed by atoms with van der Waals surface area (Å²) in [4.78, 5) is 4.98. The van der Waals surface area contributed by atoms with E-state index in [0.29, 0.717) is 0 Å². The molecule has 3 nitrogen and oxygen atoms in total. The molecule has 1 saturated carbocycles. The van der Waals surface area contributed by atoms with Gasteiger partial charge in [0, 0.05) is 12.6 Å². The average molecular weight is 239 g/mol. The van der Waals surface area contributed by atoms with Crippen LogP contribution in [0.2, 0.25) is 0 Å². The third-order valence-corrected chi connectivity index (χ3v) is 4.03. The number of hydrogen-bond donors (Lipinski definition) is 1. The van der Waals surface area contributed by atoms with Crippen LogP contribution in [0.4, 0.5) is 0 Å². The molecule has 0 aromatic heterocycles. The first-order chi connectivity index (χ1) is 8.25. The number of unbranched alkanes of at least 4 members (excludes halogenated alkanes) is 1. The van der Waals surface area contributed by atoms with Crippen LogP contribution in [0.15, 0.2) is 0 Å². The van der Waals surface area contributed by atoms with E-state index in [-0.39, 0.29) is 0 Å². The van der Waals surface area contributed by atoms with Gasteiger partial charge in [0.05, 0.1) is 0 Å². The summed E-state index contributed by atoms with van der Waals surface area (Å²) in [5.41, 5.74) is 0. The minimum absolute atomic E-state index is 0.798. The highest BCUT2D eigenvalue weighted by Crippen LogP contribution is 2.33. The van der Waals surface area contributed by atoms with Crippen molar-refractivity contribution in [3.63, 3.8) is 0 Å². The van der Waals surface area contributed by atoms with Gasteiger partial charge in [0.15, 0.2) is 0 Å². The maximum Gasteiger partial charge on any atom is 0.0223 e. The molecule has 0 amide bonds. The zero-order valence-corrected chi connectivity index (χ0v) is 11.6. The van der Waals surface area contributed by atoms with Crippen molar-refractivity contribution in [2.75, 3.05) is 46.8 Å². The molecule has 1 saturated heterocycles. The highest BCUT2D eigenvalue weighted by atomic mass is 15.2. The smallest absolute Gasteiger partial charge is 0.0223 e. The highest BCUT2D eigenvalue weighted by molar-refractivity contribution is 4.89. The minimum Gasteiger partial charge on any atom is -0.312 e. The first-order valence-corrected chi connectivity index (χ1v) is 7.36. The topological polar surface area (TPSA) is 18.5 Å². The first-order valence-electron chi connectivity index (χ1n) is 7.36. The van der Waals surface area contributed by atoms with Crippen LogP contribution in [0, 0.1) is 5.92 Å². The van der Waals surface area contributed by atoms with Crippen LogP contribution in [0.1, 0.15) is 32.1 Å². The van der Waals surface area contributed by atoms with Crippen LogP contribution in [-0.2, 0) is 0 Å². The third-order valence-electron chi connectivity index (χ3n) is 4.03. The van der Waals surface area contributed by atoms with Gasteiger partial charge in [-0.2, -0.15) is 0 Å². The van der Waals surface area contributed by atoms with Crippen LogP contribution in [0.3, 0.4) is 0 Å². The predicted molar refractivity (Wildman–Crippen MR) is 73.4 cm³/mol. The van der Waals surface area contributed by atoms with E-state index in [9.17, 15) is 0 Å². The lowest BCUT2D eigenvalue weighted by Gasteiger charge is -2.24. The van der Waals surface area contributed by atoms with E-state index in [4.69, 9.17) is 0 Å². The molecule has 1 N–H and O–H groups in total. The normalized spacial score (nSPS) is 27.4. The van der Waals surface area contributed by atoms with Crippen molar-refractivity contribution in [3.8, 4) is 0 Å². The molecular formula is C14H29N3. The molecule has 2 aliphatic rings. The minimum atomic E-state index is 0.798. The van der Waals surface area contributed by atoms with E-state index in [2.05, 4.69) is 29.2 Å². The number of hydrogen-bond acceptors (Lipinski definition) is 3. The van der Waals surface area contributed by atoms with E-state index in [1.54, 1.807) is 0 Å². The lowest BCUT2D eigenvalue weighted by molar-refractivity contribution is 0.249. The molecule has 0 spiro atoms. The monoisotopic (exact) mass is 239 g/mol. The van der Waals surface area contributed by atoms with Gasteiger partial charge in [-0.25, -0.2) is 0 Å². The quantitative estimate of drug-likeness (QED) is 0.707. The molecule has 0 radical (unpaired) electrons. The Kier molecular flexibility index (Phi) is 5.26. The van der Waals surface area contributed by atoms with Gasteiger partial charge < -0.3 is 15.1 Å². The molecule has 1 heterocycles. The van der Waals surface area contributed by atoms with Crippen molar-refractivity contribution in [1.29, 1.82) is 0 Å². The predicted octanol–water partition coefficient (Wildman–Crippen LogP) is 1.40. The van der Waals surface area contributed by atoms with Crippen LogP contribution in [0.25, 0.3) is 0 Å². The number of nitrogens with one attached hydrogen (secondary N) is 1. The largest absolute Gasteiger partial charge is 0.312 e. The summed E-state index contributed by atoms with van der Waals surface area (Å²) >= 11 is 0. The van der Waals surface area contributed by atoms with Crippen LogP contribution in [0.5, 0.6) is 0 Å². The Morgan fingerprint density at radius 3 is 2.76 bits per heavy atom. The Bertz CT molecular complexity index is 214. The van der Waals surface area contributed by atoms with Gasteiger partial charge in [0.1, 0.15) is 0 Å². The van der Waals surface area contributed by atoms with Crippen molar-refractivity contribution < 1.29 is 0 Å². The van der Waals surface area contributed by atoms with Crippen molar-refractivity contribution in [2.24, 2.45) is 5.92 Å². The maximum atomic E-state index is 3.73. The number of nitrogens with zero attached hydrogens (tertiary/aromatic N) is 2. The SMILES string of the molecule is CN(C)CCCCN1CCCNC(C2CC2)C1. The van der Waals surface area contributed by atoms with Crippen molar-refractivity contribution >= 4 is 0 Å². The van der Waals surface area contributed by atoms with E-state index in [0.717, 1.165) is 12.0 Å². The molecule has 2 fully saturated rings. The fraction of sp³-hybridized carbons (Fsp3) is 1.00. The Hall–Kier alpha value is -0.120. The molecule has 3 heteroatoms. The van der Waals surface area contributed by atoms with Gasteiger partial charge in [-0.15, -0.1) is 0 Å². The van der Waals surface area contributed by atoms with Gasteiger partial charge in [0.2, 0.25) is 0 Å². The average Bonchev–Trinajstić information content (AvgIpc) is 3.10. The summed E-state index contributed by atoms with van der Waals surface area (Å²) in [5.74, 6) is 0.998. The lowest BCUT2D eigenvalue weighted by Crippen LogP contribution is -2.39. The Balaban J connectivity index is 1.64. The molecule has 0 bridgehead atoms. The maximum absolute atomic E-state index is 3.73. The van der Waals surface area contributed by atoms with E-state index in [1.165, 1.54) is 64.8 Å². The second-order valence-electron chi connectivity index (χ2n) is 6.06. The summed E-state index contributed by atoms with van der Waals surface area (Å²) in [5, 5.41) is 3.73. The highest BCUT2D eigenvalue weighted by Gasteiger charge is 2.32.